The molecule has 0 radical (unpaired) electrons. The summed E-state index contributed by atoms with van der Waals surface area (Å²) in [5.74, 6) is 0.261. The summed E-state index contributed by atoms with van der Waals surface area (Å²) < 4.78 is 18.1. The van der Waals surface area contributed by atoms with Crippen molar-refractivity contribution in [3.8, 4) is 5.75 Å². The fraction of sp³-hybridized carbons (Fsp3) is 0.333. The topological polar surface area (TPSA) is 41.5 Å². The smallest absolute Gasteiger partial charge is 0.123 e. The van der Waals surface area contributed by atoms with Crippen molar-refractivity contribution < 1.29 is 14.2 Å². The van der Waals surface area contributed by atoms with Gasteiger partial charge in [0.2, 0.25) is 0 Å². The van der Waals surface area contributed by atoms with Crippen LogP contribution in [0.4, 0.5) is 4.39 Å². The second-order valence-electron chi connectivity index (χ2n) is 4.45. The Bertz CT molecular complexity index is 487. The second-order valence-corrected chi connectivity index (χ2v) is 5.48. The lowest BCUT2D eigenvalue weighted by atomic mass is 10.3. The number of hydrogen-bond donors (Lipinski definition) is 2. The molecule has 1 aromatic carbocycles. The SMILES string of the molecule is OC(CNCCc1cccs1)COc1ccc(F)cc1. The molecule has 0 aliphatic heterocycles. The van der Waals surface area contributed by atoms with E-state index in [2.05, 4.69) is 16.8 Å². The number of aliphatic hydroxyl groups is 1. The van der Waals surface area contributed by atoms with Gasteiger partial charge in [-0.3, -0.25) is 0 Å². The van der Waals surface area contributed by atoms with Crippen LogP contribution in [0.15, 0.2) is 41.8 Å². The molecule has 5 heteroatoms. The van der Waals surface area contributed by atoms with Crippen LogP contribution in [-0.4, -0.2) is 30.9 Å². The van der Waals surface area contributed by atoms with Crippen LogP contribution in [0.5, 0.6) is 5.75 Å². The summed E-state index contributed by atoms with van der Waals surface area (Å²) in [6.45, 7) is 1.50. The van der Waals surface area contributed by atoms with Crippen LogP contribution in [-0.2, 0) is 6.42 Å². The Morgan fingerprint density at radius 3 is 2.75 bits per heavy atom. The Morgan fingerprint density at radius 2 is 2.05 bits per heavy atom. The zero-order valence-corrected chi connectivity index (χ0v) is 11.9. The van der Waals surface area contributed by atoms with Crippen molar-refractivity contribution >= 4 is 11.3 Å². The van der Waals surface area contributed by atoms with Gasteiger partial charge in [0, 0.05) is 18.0 Å². The highest BCUT2D eigenvalue weighted by atomic mass is 32.1. The number of benzene rings is 1. The monoisotopic (exact) mass is 295 g/mol. The molecular weight excluding hydrogens is 277 g/mol. The lowest BCUT2D eigenvalue weighted by molar-refractivity contribution is 0.106. The number of ether oxygens (including phenoxy) is 1. The van der Waals surface area contributed by atoms with Crippen molar-refractivity contribution in [2.24, 2.45) is 0 Å². The first-order valence-corrected chi connectivity index (χ1v) is 7.41. The molecule has 1 unspecified atom stereocenters. The molecule has 2 N–H and O–H groups in total. The molecule has 0 spiro atoms. The van der Waals surface area contributed by atoms with E-state index in [4.69, 9.17) is 4.74 Å². The third-order valence-corrected chi connectivity index (χ3v) is 3.70. The van der Waals surface area contributed by atoms with Gasteiger partial charge in [-0.05, 0) is 42.1 Å². The van der Waals surface area contributed by atoms with E-state index in [1.165, 1.54) is 17.0 Å². The van der Waals surface area contributed by atoms with Crippen LogP contribution in [0, 0.1) is 5.82 Å². The number of nitrogens with one attached hydrogen (secondary N) is 1. The number of thiophene rings is 1. The Labute approximate surface area is 122 Å². The van der Waals surface area contributed by atoms with Gasteiger partial charge in [-0.15, -0.1) is 11.3 Å². The molecule has 1 aromatic heterocycles. The fourth-order valence-electron chi connectivity index (χ4n) is 1.72. The predicted octanol–water partition coefficient (Wildman–Crippen LogP) is 2.46. The predicted molar refractivity (Wildman–Crippen MR) is 78.8 cm³/mol. The first kappa shape index (κ1) is 15.0. The molecule has 0 aliphatic carbocycles. The molecule has 0 fully saturated rings. The summed E-state index contributed by atoms with van der Waals surface area (Å²) in [5, 5.41) is 15.0. The highest BCUT2D eigenvalue weighted by Crippen LogP contribution is 2.11. The van der Waals surface area contributed by atoms with Gasteiger partial charge in [0.05, 0.1) is 0 Å². The van der Waals surface area contributed by atoms with Gasteiger partial charge < -0.3 is 15.2 Å². The quantitative estimate of drug-likeness (QED) is 0.735. The molecule has 2 aromatic rings. The summed E-state index contributed by atoms with van der Waals surface area (Å²) in [6, 6.07) is 9.90. The van der Waals surface area contributed by atoms with E-state index < -0.39 is 6.10 Å². The van der Waals surface area contributed by atoms with Crippen molar-refractivity contribution in [3.05, 3.63) is 52.5 Å². The van der Waals surface area contributed by atoms with E-state index in [-0.39, 0.29) is 12.4 Å². The fourth-order valence-corrected chi connectivity index (χ4v) is 2.43. The Balaban J connectivity index is 1.58. The third-order valence-electron chi connectivity index (χ3n) is 2.76. The molecular formula is C15H18FNO2S. The molecule has 0 saturated carbocycles. The van der Waals surface area contributed by atoms with Crippen molar-refractivity contribution in [1.82, 2.24) is 5.32 Å². The van der Waals surface area contributed by atoms with Crippen molar-refractivity contribution in [3.63, 3.8) is 0 Å². The first-order valence-electron chi connectivity index (χ1n) is 6.53. The molecule has 108 valence electrons. The van der Waals surface area contributed by atoms with Crippen LogP contribution in [0.3, 0.4) is 0 Å². The van der Waals surface area contributed by atoms with Crippen LogP contribution in [0.2, 0.25) is 0 Å². The summed E-state index contributed by atoms with van der Waals surface area (Å²) in [5.41, 5.74) is 0. The van der Waals surface area contributed by atoms with E-state index in [0.717, 1.165) is 13.0 Å². The zero-order valence-electron chi connectivity index (χ0n) is 11.1. The third kappa shape index (κ3) is 5.28. The molecule has 0 aliphatic rings. The van der Waals surface area contributed by atoms with Crippen LogP contribution >= 0.6 is 11.3 Å². The standard InChI is InChI=1S/C15H18FNO2S/c16-12-3-5-14(6-4-12)19-11-13(18)10-17-8-7-15-2-1-9-20-15/h1-6,9,13,17-18H,7-8,10-11H2. The largest absolute Gasteiger partial charge is 0.491 e. The van der Waals surface area contributed by atoms with E-state index in [1.54, 1.807) is 23.5 Å². The van der Waals surface area contributed by atoms with Gasteiger partial charge in [-0.25, -0.2) is 4.39 Å². The molecule has 1 heterocycles. The number of rotatable bonds is 8. The van der Waals surface area contributed by atoms with E-state index in [1.807, 2.05) is 6.07 Å². The van der Waals surface area contributed by atoms with Gasteiger partial charge in [-0.1, -0.05) is 6.07 Å². The maximum absolute atomic E-state index is 12.7. The summed E-state index contributed by atoms with van der Waals surface area (Å²) in [6.07, 6.45) is 0.381. The number of aliphatic hydroxyl groups excluding tert-OH is 1. The maximum atomic E-state index is 12.7. The minimum atomic E-state index is -0.580. The highest BCUT2D eigenvalue weighted by Gasteiger charge is 2.05. The lowest BCUT2D eigenvalue weighted by Crippen LogP contribution is -2.32. The van der Waals surface area contributed by atoms with Crippen LogP contribution in [0.25, 0.3) is 0 Å². The Hall–Kier alpha value is -1.43. The van der Waals surface area contributed by atoms with Gasteiger partial charge in [0.25, 0.3) is 0 Å². The van der Waals surface area contributed by atoms with E-state index in [0.29, 0.717) is 12.3 Å². The average Bonchev–Trinajstić information content (AvgIpc) is 2.96. The molecule has 0 bridgehead atoms. The number of halogens is 1. The minimum absolute atomic E-state index is 0.192. The maximum Gasteiger partial charge on any atom is 0.123 e. The second kappa shape index (κ2) is 7.99. The van der Waals surface area contributed by atoms with Gasteiger partial charge in [0.1, 0.15) is 24.3 Å². The molecule has 20 heavy (non-hydrogen) atoms. The first-order chi connectivity index (χ1) is 9.74. The van der Waals surface area contributed by atoms with Crippen molar-refractivity contribution in [2.75, 3.05) is 19.7 Å². The van der Waals surface area contributed by atoms with E-state index >= 15 is 0 Å². The minimum Gasteiger partial charge on any atom is -0.491 e. The average molecular weight is 295 g/mol. The normalized spacial score (nSPS) is 12.3. The molecule has 0 saturated heterocycles. The van der Waals surface area contributed by atoms with Gasteiger partial charge >= 0.3 is 0 Å². The van der Waals surface area contributed by atoms with Gasteiger partial charge in [0.15, 0.2) is 0 Å². The molecule has 0 amide bonds. The van der Waals surface area contributed by atoms with Crippen molar-refractivity contribution in [1.29, 1.82) is 0 Å². The molecule has 1 atom stereocenters. The molecule has 3 nitrogen and oxygen atoms in total. The van der Waals surface area contributed by atoms with Crippen LogP contribution < -0.4 is 10.1 Å². The van der Waals surface area contributed by atoms with Crippen LogP contribution in [0.1, 0.15) is 4.88 Å². The van der Waals surface area contributed by atoms with E-state index in [9.17, 15) is 9.50 Å². The number of hydrogen-bond acceptors (Lipinski definition) is 4. The summed E-state index contributed by atoms with van der Waals surface area (Å²) in [7, 11) is 0. The Morgan fingerprint density at radius 1 is 1.25 bits per heavy atom. The highest BCUT2D eigenvalue weighted by molar-refractivity contribution is 7.09. The Kier molecular flexibility index (Phi) is 5.98. The lowest BCUT2D eigenvalue weighted by Gasteiger charge is -2.13. The van der Waals surface area contributed by atoms with Gasteiger partial charge in [-0.2, -0.15) is 0 Å². The van der Waals surface area contributed by atoms with Crippen molar-refractivity contribution in [2.45, 2.75) is 12.5 Å². The zero-order chi connectivity index (χ0) is 14.2. The summed E-state index contributed by atoms with van der Waals surface area (Å²) >= 11 is 1.73. The molecule has 2 rings (SSSR count). The summed E-state index contributed by atoms with van der Waals surface area (Å²) in [4.78, 5) is 1.33.